The molecule has 2 amide bonds. The molecule has 0 aliphatic rings. The molecule has 0 heterocycles. The average molecular weight is 450 g/mol. The highest BCUT2D eigenvalue weighted by Gasteiger charge is 2.21. The first kappa shape index (κ1) is 23.9. The Morgan fingerprint density at radius 1 is 0.833 bits per heavy atom. The number of hydrogen-bond acceptors (Lipinski definition) is 5. The molecule has 0 aliphatic heterocycles. The van der Waals surface area contributed by atoms with Gasteiger partial charge < -0.3 is 10.6 Å². The highest BCUT2D eigenvalue weighted by atomic mass is 32.2. The average Bonchev–Trinajstić information content (AvgIpc) is 2.71. The van der Waals surface area contributed by atoms with Gasteiger partial charge in [-0.3, -0.25) is 9.59 Å². The minimum atomic E-state index is -3.53. The van der Waals surface area contributed by atoms with Gasteiger partial charge in [-0.05, 0) is 43.3 Å². The number of sulfonamides is 1. The molecule has 0 radical (unpaired) electrons. The quantitative estimate of drug-likeness (QED) is 0.580. The summed E-state index contributed by atoms with van der Waals surface area (Å²) < 4.78 is 26.3. The number of carbonyl (C=O) groups excluding carboxylic acids is 2. The minimum Gasteiger partial charge on any atom is -0.325 e. The van der Waals surface area contributed by atoms with Crippen LogP contribution in [0.3, 0.4) is 0 Å². The summed E-state index contributed by atoms with van der Waals surface area (Å²) in [5, 5.41) is 5.49. The number of aryl methyl sites for hydroxylation is 1. The van der Waals surface area contributed by atoms with Crippen molar-refractivity contribution < 1.29 is 18.0 Å². The zero-order valence-electron chi connectivity index (χ0n) is 17.3. The summed E-state index contributed by atoms with van der Waals surface area (Å²) in [6.45, 7) is 6.33. The Morgan fingerprint density at radius 3 is 1.70 bits per heavy atom. The van der Waals surface area contributed by atoms with Crippen molar-refractivity contribution in [1.29, 1.82) is 0 Å². The molecule has 30 heavy (non-hydrogen) atoms. The van der Waals surface area contributed by atoms with Crippen molar-refractivity contribution in [1.82, 2.24) is 4.31 Å². The molecule has 0 saturated carbocycles. The Kier molecular flexibility index (Phi) is 8.88. The standard InChI is InChI=1S/C21H27N3O4S2/c1-4-24(5-2)30(27,28)19-12-10-18(11-13-19)23-21(26)15-29-14-20(25)22-17-8-6-16(3)7-9-17/h6-13H,4-5,14-15H2,1-3H3,(H,22,25)(H,23,26). The molecule has 2 aromatic rings. The van der Waals surface area contributed by atoms with Crippen LogP contribution in [0.4, 0.5) is 11.4 Å². The maximum absolute atomic E-state index is 12.5. The molecule has 2 aromatic carbocycles. The number of anilines is 2. The van der Waals surface area contributed by atoms with Gasteiger partial charge in [-0.25, -0.2) is 8.42 Å². The van der Waals surface area contributed by atoms with E-state index < -0.39 is 10.0 Å². The van der Waals surface area contributed by atoms with E-state index in [1.165, 1.54) is 28.2 Å². The molecule has 0 aromatic heterocycles. The summed E-state index contributed by atoms with van der Waals surface area (Å²) in [7, 11) is -3.53. The summed E-state index contributed by atoms with van der Waals surface area (Å²) in [4.78, 5) is 24.2. The van der Waals surface area contributed by atoms with E-state index >= 15 is 0 Å². The van der Waals surface area contributed by atoms with E-state index in [1.807, 2.05) is 31.2 Å². The van der Waals surface area contributed by atoms with Crippen LogP contribution in [-0.4, -0.2) is 49.1 Å². The van der Waals surface area contributed by atoms with Crippen LogP contribution in [0.1, 0.15) is 19.4 Å². The van der Waals surface area contributed by atoms with Gasteiger partial charge >= 0.3 is 0 Å². The van der Waals surface area contributed by atoms with E-state index in [9.17, 15) is 18.0 Å². The van der Waals surface area contributed by atoms with Crippen molar-refractivity contribution in [3.05, 3.63) is 54.1 Å². The summed E-state index contributed by atoms with van der Waals surface area (Å²) in [5.41, 5.74) is 2.33. The monoisotopic (exact) mass is 449 g/mol. The Balaban J connectivity index is 1.80. The number of rotatable bonds is 10. The molecule has 0 unspecified atom stereocenters. The lowest BCUT2D eigenvalue weighted by atomic mass is 10.2. The molecule has 0 fully saturated rings. The Labute approximate surface area is 182 Å². The number of carbonyl (C=O) groups is 2. The smallest absolute Gasteiger partial charge is 0.243 e. The largest absolute Gasteiger partial charge is 0.325 e. The lowest BCUT2D eigenvalue weighted by molar-refractivity contribution is -0.114. The zero-order chi connectivity index (χ0) is 22.1. The van der Waals surface area contributed by atoms with E-state index in [2.05, 4.69) is 10.6 Å². The summed E-state index contributed by atoms with van der Waals surface area (Å²) in [5.74, 6) is -0.173. The predicted octanol–water partition coefficient (Wildman–Crippen LogP) is 3.34. The van der Waals surface area contributed by atoms with Crippen molar-refractivity contribution in [2.45, 2.75) is 25.7 Å². The fraction of sp³-hybridized carbons (Fsp3) is 0.333. The number of amides is 2. The predicted molar refractivity (Wildman–Crippen MR) is 122 cm³/mol. The van der Waals surface area contributed by atoms with Crippen LogP contribution in [0, 0.1) is 6.92 Å². The van der Waals surface area contributed by atoms with Gasteiger partial charge in [-0.2, -0.15) is 4.31 Å². The number of thioether (sulfide) groups is 1. The second kappa shape index (κ2) is 11.1. The molecule has 7 nitrogen and oxygen atoms in total. The summed E-state index contributed by atoms with van der Waals surface area (Å²) in [6, 6.07) is 13.6. The third-order valence-electron chi connectivity index (χ3n) is 4.28. The molecule has 0 spiro atoms. The molecular weight excluding hydrogens is 422 g/mol. The number of nitrogens with one attached hydrogen (secondary N) is 2. The molecular formula is C21H27N3O4S2. The normalized spacial score (nSPS) is 11.3. The van der Waals surface area contributed by atoms with E-state index in [-0.39, 0.29) is 28.2 Å². The zero-order valence-corrected chi connectivity index (χ0v) is 19.0. The van der Waals surface area contributed by atoms with Gasteiger partial charge in [0.05, 0.1) is 16.4 Å². The fourth-order valence-electron chi connectivity index (χ4n) is 2.69. The van der Waals surface area contributed by atoms with Gasteiger partial charge in [0.1, 0.15) is 0 Å². The van der Waals surface area contributed by atoms with Crippen LogP contribution < -0.4 is 10.6 Å². The topological polar surface area (TPSA) is 95.6 Å². The first-order chi connectivity index (χ1) is 14.3. The Morgan fingerprint density at radius 2 is 1.27 bits per heavy atom. The number of hydrogen-bond donors (Lipinski definition) is 2. The van der Waals surface area contributed by atoms with Crippen LogP contribution in [-0.2, 0) is 19.6 Å². The van der Waals surface area contributed by atoms with Crippen LogP contribution in [0.2, 0.25) is 0 Å². The molecule has 162 valence electrons. The fourth-order valence-corrected chi connectivity index (χ4v) is 4.77. The first-order valence-electron chi connectivity index (χ1n) is 9.60. The SMILES string of the molecule is CCN(CC)S(=O)(=O)c1ccc(NC(=O)CSCC(=O)Nc2ccc(C)cc2)cc1. The molecule has 9 heteroatoms. The second-order valence-corrected chi connectivity index (χ2v) is 9.49. The van der Waals surface area contributed by atoms with Crippen molar-refractivity contribution in [3.63, 3.8) is 0 Å². The van der Waals surface area contributed by atoms with Gasteiger partial charge in [0, 0.05) is 24.5 Å². The summed E-state index contributed by atoms with van der Waals surface area (Å²) >= 11 is 1.20. The lowest BCUT2D eigenvalue weighted by Gasteiger charge is -2.18. The molecule has 2 rings (SSSR count). The molecule has 0 bridgehead atoms. The third kappa shape index (κ3) is 6.86. The maximum atomic E-state index is 12.5. The number of nitrogens with zero attached hydrogens (tertiary/aromatic N) is 1. The highest BCUT2D eigenvalue weighted by molar-refractivity contribution is 8.00. The van der Waals surface area contributed by atoms with E-state index in [4.69, 9.17) is 0 Å². The van der Waals surface area contributed by atoms with Crippen molar-refractivity contribution >= 4 is 45.0 Å². The Bertz CT molecular complexity index is 955. The van der Waals surface area contributed by atoms with Crippen molar-refractivity contribution in [2.24, 2.45) is 0 Å². The number of benzene rings is 2. The second-order valence-electron chi connectivity index (χ2n) is 6.57. The van der Waals surface area contributed by atoms with E-state index in [0.717, 1.165) is 11.3 Å². The summed E-state index contributed by atoms with van der Waals surface area (Å²) in [6.07, 6.45) is 0. The highest BCUT2D eigenvalue weighted by Crippen LogP contribution is 2.18. The third-order valence-corrected chi connectivity index (χ3v) is 7.28. The molecule has 0 aliphatic carbocycles. The Hall–Kier alpha value is -2.36. The van der Waals surface area contributed by atoms with Crippen LogP contribution >= 0.6 is 11.8 Å². The van der Waals surface area contributed by atoms with E-state index in [0.29, 0.717) is 18.8 Å². The van der Waals surface area contributed by atoms with Gasteiger partial charge in [0.25, 0.3) is 0 Å². The lowest BCUT2D eigenvalue weighted by Crippen LogP contribution is -2.30. The van der Waals surface area contributed by atoms with E-state index in [1.54, 1.807) is 26.0 Å². The van der Waals surface area contributed by atoms with Gasteiger partial charge in [-0.1, -0.05) is 31.5 Å². The van der Waals surface area contributed by atoms with Crippen molar-refractivity contribution in [2.75, 3.05) is 35.2 Å². The van der Waals surface area contributed by atoms with Gasteiger partial charge in [-0.15, -0.1) is 11.8 Å². The van der Waals surface area contributed by atoms with Crippen LogP contribution in [0.25, 0.3) is 0 Å². The van der Waals surface area contributed by atoms with Gasteiger partial charge in [0.15, 0.2) is 0 Å². The van der Waals surface area contributed by atoms with Gasteiger partial charge in [0.2, 0.25) is 21.8 Å². The van der Waals surface area contributed by atoms with Crippen molar-refractivity contribution in [3.8, 4) is 0 Å². The first-order valence-corrected chi connectivity index (χ1v) is 12.2. The minimum absolute atomic E-state index is 0.112. The molecule has 0 atom stereocenters. The van der Waals surface area contributed by atoms with Crippen LogP contribution in [0.15, 0.2) is 53.4 Å². The maximum Gasteiger partial charge on any atom is 0.243 e. The molecule has 2 N–H and O–H groups in total. The molecule has 0 saturated heterocycles. The van der Waals surface area contributed by atoms with Crippen LogP contribution in [0.5, 0.6) is 0 Å².